The number of imide groups is 1. The van der Waals surface area contributed by atoms with Gasteiger partial charge in [-0.3, -0.25) is 14.5 Å². The summed E-state index contributed by atoms with van der Waals surface area (Å²) in [5, 5.41) is 37.2. The van der Waals surface area contributed by atoms with Crippen molar-refractivity contribution in [1.82, 2.24) is 4.90 Å². The summed E-state index contributed by atoms with van der Waals surface area (Å²) in [5.74, 6) is -4.12. The highest BCUT2D eigenvalue weighted by Gasteiger charge is 2.56. The molecular weight excluding hydrogens is 766 g/mol. The van der Waals surface area contributed by atoms with Gasteiger partial charge in [0.15, 0.2) is 11.6 Å². The van der Waals surface area contributed by atoms with E-state index in [1.807, 2.05) is 90.3 Å². The van der Waals surface area contributed by atoms with Gasteiger partial charge in [-0.1, -0.05) is 130 Å². The molecule has 58 heavy (non-hydrogen) atoms. The fourth-order valence-corrected chi connectivity index (χ4v) is 14.3. The van der Waals surface area contributed by atoms with Crippen LogP contribution in [0.1, 0.15) is 56.0 Å². The molecule has 1 fully saturated rings. The number of rotatable bonds is 14. The maximum absolute atomic E-state index is 14.4. The van der Waals surface area contributed by atoms with Gasteiger partial charge in [0.25, 0.3) is 8.32 Å². The van der Waals surface area contributed by atoms with Gasteiger partial charge in [0, 0.05) is 10.8 Å². The van der Waals surface area contributed by atoms with Gasteiger partial charge < -0.3 is 19.7 Å². The number of benzene rings is 4. The Kier molecular flexibility index (Phi) is 12.4. The predicted molar refractivity (Wildman–Crippen MR) is 230 cm³/mol. The van der Waals surface area contributed by atoms with Crippen LogP contribution in [0.2, 0.25) is 5.04 Å². The summed E-state index contributed by atoms with van der Waals surface area (Å²) in [6.45, 7) is 6.40. The van der Waals surface area contributed by atoms with Crippen molar-refractivity contribution >= 4 is 53.5 Å². The van der Waals surface area contributed by atoms with Crippen molar-refractivity contribution in [2.45, 2.75) is 57.7 Å². The molecule has 0 unspecified atom stereocenters. The smallest absolute Gasteiger partial charge is 0.261 e. The molecule has 7 rings (SSSR count). The molecule has 0 saturated carbocycles. The molecule has 300 valence electrons. The zero-order chi connectivity index (χ0) is 41.0. The number of phenols is 1. The van der Waals surface area contributed by atoms with Crippen LogP contribution in [-0.2, 0) is 20.6 Å². The summed E-state index contributed by atoms with van der Waals surface area (Å²) in [4.78, 5) is 30.7. The first-order chi connectivity index (χ1) is 27.9. The molecule has 1 saturated heterocycles. The average Bonchev–Trinajstić information content (AvgIpc) is 3.83. The molecule has 0 radical (unpaired) electrons. The molecule has 10 heteroatoms. The van der Waals surface area contributed by atoms with E-state index in [-0.39, 0.29) is 42.8 Å². The molecule has 4 atom stereocenters. The van der Waals surface area contributed by atoms with Gasteiger partial charge in [0.1, 0.15) is 0 Å². The van der Waals surface area contributed by atoms with Gasteiger partial charge in [0.2, 0.25) is 11.8 Å². The summed E-state index contributed by atoms with van der Waals surface area (Å²) < 4.78 is 21.9. The maximum Gasteiger partial charge on any atom is 0.261 e. The van der Waals surface area contributed by atoms with Gasteiger partial charge >= 0.3 is 0 Å². The number of allylic oxidation sites excluding steroid dienone is 1. The Morgan fingerprint density at radius 2 is 1.55 bits per heavy atom. The van der Waals surface area contributed by atoms with Crippen molar-refractivity contribution in [3.63, 3.8) is 0 Å². The Bertz CT molecular complexity index is 2230. The number of thiophene rings is 1. The van der Waals surface area contributed by atoms with Crippen LogP contribution in [0.3, 0.4) is 0 Å². The third kappa shape index (κ3) is 8.17. The van der Waals surface area contributed by atoms with Crippen molar-refractivity contribution in [1.29, 1.82) is 0 Å². The second kappa shape index (κ2) is 17.5. The highest BCUT2D eigenvalue weighted by Crippen LogP contribution is 2.48. The Balaban J connectivity index is 1.30. The Morgan fingerprint density at radius 1 is 0.914 bits per heavy atom. The SMILES string of the molecule is CC(C)(C)[Si](OCC1=C([C@H](O)CC/C(=C/c2ccc(O)c(F)c2)c2ccccc2)[C@H](CO)[C@@H]2C(=O)N(Cc3cccs3)C(=O)[C@@H]2C1)(c1ccccc1)c1ccccc1. The highest BCUT2D eigenvalue weighted by atomic mass is 32.1. The van der Waals surface area contributed by atoms with Gasteiger partial charge in [-0.05, 0) is 86.1 Å². The Hall–Kier alpha value is -4.97. The number of nitrogens with zero attached hydrogens (tertiary/aromatic N) is 1. The summed E-state index contributed by atoms with van der Waals surface area (Å²) in [6.07, 6.45) is 1.53. The summed E-state index contributed by atoms with van der Waals surface area (Å²) in [6, 6.07) is 38.1. The molecule has 2 amide bonds. The van der Waals surface area contributed by atoms with E-state index in [0.29, 0.717) is 17.6 Å². The quantitative estimate of drug-likeness (QED) is 0.0455. The minimum Gasteiger partial charge on any atom is -0.505 e. The zero-order valence-corrected chi connectivity index (χ0v) is 34.9. The second-order valence-corrected chi connectivity index (χ2v) is 21.6. The lowest BCUT2D eigenvalue weighted by Crippen LogP contribution is -2.66. The van der Waals surface area contributed by atoms with Crippen LogP contribution in [0, 0.1) is 23.6 Å². The van der Waals surface area contributed by atoms with Crippen LogP contribution in [0.4, 0.5) is 4.39 Å². The third-order valence-corrected chi connectivity index (χ3v) is 17.6. The minimum atomic E-state index is -3.08. The molecule has 0 bridgehead atoms. The van der Waals surface area contributed by atoms with Crippen molar-refractivity contribution in [2.75, 3.05) is 13.2 Å². The van der Waals surface area contributed by atoms with E-state index in [4.69, 9.17) is 4.43 Å². The van der Waals surface area contributed by atoms with Gasteiger partial charge in [0.05, 0.1) is 37.7 Å². The highest BCUT2D eigenvalue weighted by molar-refractivity contribution is 7.09. The summed E-state index contributed by atoms with van der Waals surface area (Å²) in [5.41, 5.74) is 3.54. The van der Waals surface area contributed by atoms with Crippen molar-refractivity contribution in [3.05, 3.63) is 160 Å². The zero-order valence-electron chi connectivity index (χ0n) is 33.1. The minimum absolute atomic E-state index is 0.0972. The lowest BCUT2D eigenvalue weighted by Gasteiger charge is -2.44. The second-order valence-electron chi connectivity index (χ2n) is 16.3. The fraction of sp³-hybridized carbons (Fsp3) is 0.292. The van der Waals surface area contributed by atoms with Gasteiger partial charge in [-0.2, -0.15) is 0 Å². The number of amides is 2. The first-order valence-electron chi connectivity index (χ1n) is 19.8. The number of likely N-dealkylation sites (tertiary alicyclic amines) is 1. The van der Waals surface area contributed by atoms with Crippen LogP contribution in [0.25, 0.3) is 11.6 Å². The first kappa shape index (κ1) is 41.2. The van der Waals surface area contributed by atoms with E-state index in [1.54, 1.807) is 6.07 Å². The Labute approximate surface area is 344 Å². The average molecular weight is 816 g/mol. The van der Waals surface area contributed by atoms with E-state index in [2.05, 4.69) is 45.0 Å². The van der Waals surface area contributed by atoms with Crippen LogP contribution in [0.15, 0.2) is 138 Å². The van der Waals surface area contributed by atoms with Crippen LogP contribution in [-0.4, -0.2) is 59.7 Å². The van der Waals surface area contributed by atoms with Crippen molar-refractivity contribution in [3.8, 4) is 5.75 Å². The maximum atomic E-state index is 14.4. The molecule has 4 aromatic carbocycles. The molecule has 1 aliphatic carbocycles. The number of phenolic OH excluding ortho intramolecular Hbond substituents is 1. The number of aliphatic hydroxyl groups is 2. The standard InChI is InChI=1S/C48H50FNO6SSi/c1-48(2,3)58(37-17-9-5-10-18-37,38-19-11-6-12-20-38)56-31-35-28-39-45(47(55)50(46(39)54)29-36-16-13-25-57-36)40(30-51)44(35)43(53)24-22-34(33-14-7-4-8-15-33)26-32-21-23-42(52)41(49)27-32/h4-21,23,25-27,39-40,43,45,51-53H,22,24,28-31H2,1-3H3/b34-26-/t39-,40+,43-,45-/m1/s1. The number of aliphatic hydroxyl groups excluding tert-OH is 2. The first-order valence-corrected chi connectivity index (χ1v) is 22.6. The molecule has 3 N–H and O–H groups in total. The van der Waals surface area contributed by atoms with Crippen molar-refractivity contribution in [2.24, 2.45) is 17.8 Å². The molecule has 2 heterocycles. The van der Waals surface area contributed by atoms with E-state index in [1.165, 1.54) is 28.4 Å². The van der Waals surface area contributed by atoms with E-state index in [0.717, 1.165) is 32.0 Å². The molecule has 0 spiro atoms. The monoisotopic (exact) mass is 815 g/mol. The summed E-state index contributed by atoms with van der Waals surface area (Å²) in [7, 11) is -3.08. The van der Waals surface area contributed by atoms with Crippen LogP contribution in [0.5, 0.6) is 5.75 Å². The van der Waals surface area contributed by atoms with E-state index >= 15 is 0 Å². The molecule has 1 aliphatic heterocycles. The Morgan fingerprint density at radius 3 is 2.12 bits per heavy atom. The van der Waals surface area contributed by atoms with Crippen LogP contribution < -0.4 is 10.4 Å². The van der Waals surface area contributed by atoms with E-state index in [9.17, 15) is 29.3 Å². The number of aromatic hydroxyl groups is 1. The van der Waals surface area contributed by atoms with Gasteiger partial charge in [-0.15, -0.1) is 11.3 Å². The number of hydrogen-bond acceptors (Lipinski definition) is 7. The lowest BCUT2D eigenvalue weighted by atomic mass is 9.68. The lowest BCUT2D eigenvalue weighted by molar-refractivity contribution is -0.140. The molecule has 2 aliphatic rings. The normalized spacial score (nSPS) is 19.4. The van der Waals surface area contributed by atoms with Gasteiger partial charge in [-0.25, -0.2) is 4.39 Å². The number of halogens is 1. The number of fused-ring (bicyclic) bond motifs is 1. The van der Waals surface area contributed by atoms with Crippen molar-refractivity contribution < 1.29 is 33.7 Å². The number of carbonyl (C=O) groups is 2. The molecule has 1 aromatic heterocycles. The largest absolute Gasteiger partial charge is 0.505 e. The fourth-order valence-electron chi connectivity index (χ4n) is 9.04. The third-order valence-electron chi connectivity index (χ3n) is 11.7. The molecular formula is C48H50FNO6SSi. The van der Waals surface area contributed by atoms with Crippen LogP contribution >= 0.6 is 11.3 Å². The summed E-state index contributed by atoms with van der Waals surface area (Å²) >= 11 is 1.48. The number of carbonyl (C=O) groups excluding carboxylic acids is 2. The predicted octanol–water partition coefficient (Wildman–Crippen LogP) is 7.96. The molecule has 5 aromatic rings. The topological polar surface area (TPSA) is 107 Å². The molecule has 7 nitrogen and oxygen atoms in total. The van der Waals surface area contributed by atoms with E-state index < -0.39 is 50.3 Å². The number of hydrogen-bond donors (Lipinski definition) is 3.